The fourth-order valence-electron chi connectivity index (χ4n) is 3.02. The molecule has 3 aromatic rings. The van der Waals surface area contributed by atoms with E-state index in [2.05, 4.69) is 25.2 Å². The van der Waals surface area contributed by atoms with E-state index in [9.17, 15) is 4.79 Å². The van der Waals surface area contributed by atoms with Gasteiger partial charge < -0.3 is 10.1 Å². The smallest absolute Gasteiger partial charge is 0.211 e. The lowest BCUT2D eigenvalue weighted by molar-refractivity contribution is -0.105. The van der Waals surface area contributed by atoms with Crippen molar-refractivity contribution in [2.45, 2.75) is 25.8 Å². The molecule has 0 saturated carbocycles. The molecule has 0 spiro atoms. The summed E-state index contributed by atoms with van der Waals surface area (Å²) in [7, 11) is 0. The average Bonchev–Trinajstić information content (AvgIpc) is 2.78. The highest BCUT2D eigenvalue weighted by Gasteiger charge is 2.09. The van der Waals surface area contributed by atoms with Crippen molar-refractivity contribution >= 4 is 12.1 Å². The summed E-state index contributed by atoms with van der Waals surface area (Å²) >= 11 is 0. The van der Waals surface area contributed by atoms with Crippen molar-refractivity contribution in [2.24, 2.45) is 0 Å². The molecule has 29 heavy (non-hydrogen) atoms. The number of aromatic nitrogens is 3. The second kappa shape index (κ2) is 11.5. The number of amides is 1. The van der Waals surface area contributed by atoms with E-state index in [1.54, 1.807) is 49.1 Å². The number of hydrogen-bond acceptors (Lipinski definition) is 6. The molecule has 0 bridgehead atoms. The first-order valence-corrected chi connectivity index (χ1v) is 9.68. The van der Waals surface area contributed by atoms with Gasteiger partial charge >= 0.3 is 0 Å². The van der Waals surface area contributed by atoms with Gasteiger partial charge in [0.1, 0.15) is 17.8 Å². The van der Waals surface area contributed by atoms with Crippen molar-refractivity contribution in [3.8, 4) is 11.5 Å². The molecule has 1 aliphatic heterocycles. The topological polar surface area (TPSA) is 80.2 Å². The lowest BCUT2D eigenvalue weighted by Gasteiger charge is -2.25. The van der Waals surface area contributed by atoms with Crippen LogP contribution in [-0.4, -0.2) is 39.4 Å². The van der Waals surface area contributed by atoms with E-state index in [0.29, 0.717) is 17.9 Å². The lowest BCUT2D eigenvalue weighted by Crippen LogP contribution is -2.29. The Morgan fingerprint density at radius 2 is 1.72 bits per heavy atom. The maximum atomic E-state index is 10.2. The largest absolute Gasteiger partial charge is 0.456 e. The van der Waals surface area contributed by atoms with Gasteiger partial charge in [0, 0.05) is 37.8 Å². The van der Waals surface area contributed by atoms with Crippen LogP contribution in [0, 0.1) is 0 Å². The van der Waals surface area contributed by atoms with Gasteiger partial charge in [-0.25, -0.2) is 9.97 Å². The lowest BCUT2D eigenvalue weighted by atomic mass is 10.1. The van der Waals surface area contributed by atoms with Crippen LogP contribution in [0.3, 0.4) is 0 Å². The molecule has 1 N–H and O–H groups in total. The van der Waals surface area contributed by atoms with Gasteiger partial charge in [0.2, 0.25) is 6.41 Å². The molecule has 7 heteroatoms. The molecule has 0 radical (unpaired) electrons. The number of piperidine rings is 1. The summed E-state index contributed by atoms with van der Waals surface area (Å²) in [5.74, 6) is 1.38. The zero-order chi connectivity index (χ0) is 20.2. The fraction of sp³-hybridized carbons (Fsp3) is 0.273. The summed E-state index contributed by atoms with van der Waals surface area (Å²) in [6.45, 7) is 3.48. The summed E-state index contributed by atoms with van der Waals surface area (Å²) in [4.78, 5) is 24.6. The molecular formula is C22H27N5O2. The van der Waals surface area contributed by atoms with Crippen LogP contribution in [0.15, 0.2) is 67.5 Å². The predicted molar refractivity (Wildman–Crippen MR) is 114 cm³/mol. The molecule has 0 unspecified atom stereocenters. The first kappa shape index (κ1) is 20.4. The predicted octanol–water partition coefficient (Wildman–Crippen LogP) is 4.15. The number of nitrogens with one attached hydrogen (secondary N) is 1. The van der Waals surface area contributed by atoms with Gasteiger partial charge in [-0.15, -0.1) is 0 Å². The summed E-state index contributed by atoms with van der Waals surface area (Å²) < 4.78 is 5.53. The second-order valence-corrected chi connectivity index (χ2v) is 6.66. The van der Waals surface area contributed by atoms with Gasteiger partial charge in [-0.3, -0.25) is 14.7 Å². The molecule has 1 amide bonds. The van der Waals surface area contributed by atoms with Crippen molar-refractivity contribution in [1.29, 1.82) is 0 Å². The Hall–Kier alpha value is -3.32. The minimum Gasteiger partial charge on any atom is -0.456 e. The van der Waals surface area contributed by atoms with Gasteiger partial charge in [-0.1, -0.05) is 6.42 Å². The molecule has 1 saturated heterocycles. The Bertz CT molecular complexity index is 844. The van der Waals surface area contributed by atoms with Crippen LogP contribution in [0.25, 0.3) is 0 Å². The van der Waals surface area contributed by atoms with E-state index in [-0.39, 0.29) is 1.43 Å². The number of likely N-dealkylation sites (tertiary alicyclic amines) is 1. The van der Waals surface area contributed by atoms with Gasteiger partial charge in [0.05, 0.1) is 6.20 Å². The number of hydrogen-bond donors (Lipinski definition) is 1. The minimum atomic E-state index is 0. The maximum absolute atomic E-state index is 10.2. The van der Waals surface area contributed by atoms with E-state index in [0.717, 1.165) is 12.2 Å². The molecule has 0 aliphatic carbocycles. The summed E-state index contributed by atoms with van der Waals surface area (Å²) in [5, 5.41) is 2.55. The highest BCUT2D eigenvalue weighted by Crippen LogP contribution is 2.21. The van der Waals surface area contributed by atoms with Crippen LogP contribution in [0.1, 0.15) is 26.3 Å². The van der Waals surface area contributed by atoms with Crippen LogP contribution >= 0.6 is 0 Å². The van der Waals surface area contributed by atoms with Gasteiger partial charge in [-0.2, -0.15) is 0 Å². The standard InChI is InChI=1S/C12H10N2O2.C10H15N3.H2/c15-9-14-10-3-5-11(6-4-10)16-12-2-1-7-13-8-12;1-2-4-13(5-3-1)8-10-6-11-9-12-7-10;/h1-9H,(H,14,15);6-7,9H,1-5,8H2;1H. The quantitative estimate of drug-likeness (QED) is 0.634. The van der Waals surface area contributed by atoms with Crippen LogP contribution in [0.2, 0.25) is 0 Å². The van der Waals surface area contributed by atoms with E-state index in [4.69, 9.17) is 4.74 Å². The normalized spacial score (nSPS) is 13.7. The summed E-state index contributed by atoms with van der Waals surface area (Å²) in [6, 6.07) is 10.7. The Morgan fingerprint density at radius 3 is 2.38 bits per heavy atom. The molecule has 3 heterocycles. The number of benzene rings is 1. The third kappa shape index (κ3) is 7.31. The monoisotopic (exact) mass is 393 g/mol. The Balaban J connectivity index is 0.000000211. The van der Waals surface area contributed by atoms with Gasteiger partial charge in [0.15, 0.2) is 0 Å². The second-order valence-electron chi connectivity index (χ2n) is 6.66. The molecule has 2 aromatic heterocycles. The van der Waals surface area contributed by atoms with E-state index >= 15 is 0 Å². The minimum absolute atomic E-state index is 0. The average molecular weight is 393 g/mol. The fourth-order valence-corrected chi connectivity index (χ4v) is 3.02. The van der Waals surface area contributed by atoms with Crippen LogP contribution in [-0.2, 0) is 11.3 Å². The number of anilines is 1. The zero-order valence-electron chi connectivity index (χ0n) is 16.3. The van der Waals surface area contributed by atoms with Crippen molar-refractivity contribution < 1.29 is 11.0 Å². The van der Waals surface area contributed by atoms with Crippen LogP contribution in [0.4, 0.5) is 5.69 Å². The van der Waals surface area contributed by atoms with E-state index in [1.807, 2.05) is 18.5 Å². The van der Waals surface area contributed by atoms with Gasteiger partial charge in [0.25, 0.3) is 0 Å². The highest BCUT2D eigenvalue weighted by atomic mass is 16.5. The highest BCUT2D eigenvalue weighted by molar-refractivity contribution is 5.71. The van der Waals surface area contributed by atoms with Gasteiger partial charge in [-0.05, 0) is 62.3 Å². The molecule has 4 rings (SSSR count). The maximum Gasteiger partial charge on any atom is 0.211 e. The number of pyridine rings is 1. The number of carbonyl (C=O) groups is 1. The third-order valence-electron chi connectivity index (χ3n) is 4.42. The van der Waals surface area contributed by atoms with Crippen LogP contribution < -0.4 is 10.1 Å². The number of ether oxygens (including phenoxy) is 1. The van der Waals surface area contributed by atoms with Crippen molar-refractivity contribution in [3.05, 3.63) is 73.1 Å². The van der Waals surface area contributed by atoms with Crippen LogP contribution in [0.5, 0.6) is 11.5 Å². The molecule has 152 valence electrons. The first-order chi connectivity index (χ1) is 14.3. The Morgan fingerprint density at radius 1 is 0.966 bits per heavy atom. The number of carbonyl (C=O) groups excluding carboxylic acids is 1. The Kier molecular flexibility index (Phi) is 8.10. The van der Waals surface area contributed by atoms with Crippen molar-refractivity contribution in [2.75, 3.05) is 18.4 Å². The third-order valence-corrected chi connectivity index (χ3v) is 4.42. The first-order valence-electron chi connectivity index (χ1n) is 9.68. The molecule has 1 aliphatic rings. The molecule has 7 nitrogen and oxygen atoms in total. The molecule has 1 fully saturated rings. The zero-order valence-corrected chi connectivity index (χ0v) is 16.3. The van der Waals surface area contributed by atoms with Crippen molar-refractivity contribution in [1.82, 2.24) is 19.9 Å². The van der Waals surface area contributed by atoms with E-state index in [1.165, 1.54) is 37.9 Å². The summed E-state index contributed by atoms with van der Waals surface area (Å²) in [6.07, 6.45) is 13.4. The Labute approximate surface area is 172 Å². The van der Waals surface area contributed by atoms with E-state index < -0.39 is 0 Å². The SMILES string of the molecule is O=CNc1ccc(Oc2cccnc2)cc1.[HH].c1ncc(CN2CCCCC2)cn1. The number of nitrogens with zero attached hydrogens (tertiary/aromatic N) is 4. The molecule has 0 atom stereocenters. The summed E-state index contributed by atoms with van der Waals surface area (Å²) in [5.41, 5.74) is 1.96. The molecular weight excluding hydrogens is 366 g/mol. The van der Waals surface area contributed by atoms with Crippen molar-refractivity contribution in [3.63, 3.8) is 0 Å². The number of rotatable bonds is 6. The molecule has 1 aromatic carbocycles.